The normalized spacial score (nSPS) is 13.6. The minimum Gasteiger partial charge on any atom is -0.493 e. The van der Waals surface area contributed by atoms with E-state index >= 15 is 0 Å². The number of para-hydroxylation sites is 1. The Hall–Kier alpha value is -2.69. The number of methoxy groups -OCH3 is 2. The summed E-state index contributed by atoms with van der Waals surface area (Å²) in [6, 6.07) is 14.4. The molecule has 0 bridgehead atoms. The standard InChI is InChI=1S/C19H23N3O2/c1-20-19(22-11-10-15-6-4-5-7-16(15)22)21-13-14-8-9-17(23-2)18(12-14)24-3/h4-9,12H,10-11,13H2,1-3H3,(H,20,21). The molecule has 0 spiro atoms. The Kier molecular flexibility index (Phi) is 4.89. The van der Waals surface area contributed by atoms with Gasteiger partial charge in [-0.3, -0.25) is 4.99 Å². The quantitative estimate of drug-likeness (QED) is 0.693. The van der Waals surface area contributed by atoms with Gasteiger partial charge in [0, 0.05) is 25.8 Å². The van der Waals surface area contributed by atoms with Gasteiger partial charge in [-0.1, -0.05) is 24.3 Å². The van der Waals surface area contributed by atoms with Crippen molar-refractivity contribution >= 4 is 11.6 Å². The molecule has 0 saturated heterocycles. The summed E-state index contributed by atoms with van der Waals surface area (Å²) in [7, 11) is 5.11. The minimum absolute atomic E-state index is 0.672. The Morgan fingerprint density at radius 3 is 2.67 bits per heavy atom. The second-order valence-corrected chi connectivity index (χ2v) is 5.62. The van der Waals surface area contributed by atoms with Gasteiger partial charge >= 0.3 is 0 Å². The maximum absolute atomic E-state index is 5.36. The molecule has 0 atom stereocenters. The lowest BCUT2D eigenvalue weighted by atomic mass is 10.2. The van der Waals surface area contributed by atoms with Crippen LogP contribution in [0.15, 0.2) is 47.5 Å². The maximum atomic E-state index is 5.36. The largest absolute Gasteiger partial charge is 0.493 e. The molecule has 0 aliphatic carbocycles. The highest BCUT2D eigenvalue weighted by molar-refractivity contribution is 5.97. The zero-order chi connectivity index (χ0) is 16.9. The summed E-state index contributed by atoms with van der Waals surface area (Å²) < 4.78 is 10.6. The molecule has 0 unspecified atom stereocenters. The number of ether oxygens (including phenoxy) is 2. The van der Waals surface area contributed by atoms with Gasteiger partial charge in [0.25, 0.3) is 0 Å². The van der Waals surface area contributed by atoms with Crippen LogP contribution in [-0.2, 0) is 13.0 Å². The number of fused-ring (bicyclic) bond motifs is 1. The molecule has 1 aliphatic rings. The third-order valence-corrected chi connectivity index (χ3v) is 4.25. The fourth-order valence-electron chi connectivity index (χ4n) is 3.03. The Balaban J connectivity index is 1.72. The Morgan fingerprint density at radius 2 is 1.92 bits per heavy atom. The van der Waals surface area contributed by atoms with Crippen molar-refractivity contribution in [2.45, 2.75) is 13.0 Å². The zero-order valence-electron chi connectivity index (χ0n) is 14.4. The molecule has 5 heteroatoms. The summed E-state index contributed by atoms with van der Waals surface area (Å²) in [4.78, 5) is 6.67. The van der Waals surface area contributed by atoms with E-state index in [0.717, 1.165) is 36.0 Å². The van der Waals surface area contributed by atoms with Crippen LogP contribution in [0, 0.1) is 0 Å². The molecule has 0 amide bonds. The molecule has 0 radical (unpaired) electrons. The second kappa shape index (κ2) is 7.25. The predicted molar refractivity (Wildman–Crippen MR) is 97.2 cm³/mol. The fraction of sp³-hybridized carbons (Fsp3) is 0.316. The third kappa shape index (κ3) is 3.15. The van der Waals surface area contributed by atoms with Crippen LogP contribution in [-0.4, -0.2) is 33.8 Å². The topological polar surface area (TPSA) is 46.1 Å². The molecule has 24 heavy (non-hydrogen) atoms. The summed E-state index contributed by atoms with van der Waals surface area (Å²) >= 11 is 0. The van der Waals surface area contributed by atoms with Crippen molar-refractivity contribution in [3.63, 3.8) is 0 Å². The summed E-state index contributed by atoms with van der Waals surface area (Å²) in [5, 5.41) is 3.44. The smallest absolute Gasteiger partial charge is 0.198 e. The molecule has 1 N–H and O–H groups in total. The van der Waals surface area contributed by atoms with E-state index in [1.54, 1.807) is 14.2 Å². The van der Waals surface area contributed by atoms with Crippen LogP contribution >= 0.6 is 0 Å². The van der Waals surface area contributed by atoms with E-state index in [0.29, 0.717) is 6.54 Å². The van der Waals surface area contributed by atoms with Gasteiger partial charge in [0.1, 0.15) is 0 Å². The lowest BCUT2D eigenvalue weighted by Crippen LogP contribution is -2.40. The molecule has 1 heterocycles. The van der Waals surface area contributed by atoms with Gasteiger partial charge < -0.3 is 19.7 Å². The summed E-state index contributed by atoms with van der Waals surface area (Å²) in [5.74, 6) is 2.35. The van der Waals surface area contributed by atoms with Gasteiger partial charge in [-0.15, -0.1) is 0 Å². The second-order valence-electron chi connectivity index (χ2n) is 5.62. The molecule has 1 aliphatic heterocycles. The number of hydrogen-bond acceptors (Lipinski definition) is 3. The van der Waals surface area contributed by atoms with Gasteiger partial charge in [0.05, 0.1) is 14.2 Å². The molecule has 0 fully saturated rings. The summed E-state index contributed by atoms with van der Waals surface area (Å²) in [5.41, 5.74) is 3.71. The van der Waals surface area contributed by atoms with Gasteiger partial charge in [-0.2, -0.15) is 0 Å². The molecule has 5 nitrogen and oxygen atoms in total. The van der Waals surface area contributed by atoms with Gasteiger partial charge in [0.15, 0.2) is 17.5 Å². The van der Waals surface area contributed by atoms with Crippen LogP contribution in [0.4, 0.5) is 5.69 Å². The highest BCUT2D eigenvalue weighted by Crippen LogP contribution is 2.29. The highest BCUT2D eigenvalue weighted by Gasteiger charge is 2.22. The van der Waals surface area contributed by atoms with Gasteiger partial charge in [0.2, 0.25) is 0 Å². The van der Waals surface area contributed by atoms with E-state index < -0.39 is 0 Å². The van der Waals surface area contributed by atoms with E-state index in [1.807, 2.05) is 25.2 Å². The number of hydrogen-bond donors (Lipinski definition) is 1. The van der Waals surface area contributed by atoms with E-state index in [9.17, 15) is 0 Å². The molecular formula is C19H23N3O2. The lowest BCUT2D eigenvalue weighted by molar-refractivity contribution is 0.354. The van der Waals surface area contributed by atoms with E-state index in [1.165, 1.54) is 11.3 Å². The van der Waals surface area contributed by atoms with E-state index in [4.69, 9.17) is 9.47 Å². The van der Waals surface area contributed by atoms with Crippen LogP contribution in [0.3, 0.4) is 0 Å². The first kappa shape index (κ1) is 16.2. The number of benzene rings is 2. The third-order valence-electron chi connectivity index (χ3n) is 4.25. The number of nitrogens with zero attached hydrogens (tertiary/aromatic N) is 2. The molecule has 3 rings (SSSR count). The van der Waals surface area contributed by atoms with Crippen LogP contribution < -0.4 is 19.7 Å². The average molecular weight is 325 g/mol. The SMILES string of the molecule is CN=C(NCc1ccc(OC)c(OC)c1)N1CCc2ccccc21. The van der Waals surface area contributed by atoms with Crippen molar-refractivity contribution in [1.82, 2.24) is 5.32 Å². The minimum atomic E-state index is 0.672. The van der Waals surface area contributed by atoms with Crippen molar-refractivity contribution in [3.8, 4) is 11.5 Å². The van der Waals surface area contributed by atoms with Gasteiger partial charge in [-0.05, 0) is 35.7 Å². The number of aliphatic imine (C=N–C) groups is 1. The molecular weight excluding hydrogens is 302 g/mol. The number of rotatable bonds is 4. The highest BCUT2D eigenvalue weighted by atomic mass is 16.5. The molecule has 126 valence electrons. The molecule has 2 aromatic rings. The van der Waals surface area contributed by atoms with Gasteiger partial charge in [-0.25, -0.2) is 0 Å². The lowest BCUT2D eigenvalue weighted by Gasteiger charge is -2.22. The van der Waals surface area contributed by atoms with Crippen molar-refractivity contribution in [2.24, 2.45) is 4.99 Å². The van der Waals surface area contributed by atoms with E-state index in [2.05, 4.69) is 39.5 Å². The number of anilines is 1. The monoisotopic (exact) mass is 325 g/mol. The van der Waals surface area contributed by atoms with Crippen molar-refractivity contribution in [1.29, 1.82) is 0 Å². The first-order valence-electron chi connectivity index (χ1n) is 8.04. The summed E-state index contributed by atoms with van der Waals surface area (Å²) in [6.07, 6.45) is 1.05. The number of nitrogens with one attached hydrogen (secondary N) is 1. The predicted octanol–water partition coefficient (Wildman–Crippen LogP) is 2.84. The average Bonchev–Trinajstić information content (AvgIpc) is 3.06. The molecule has 0 saturated carbocycles. The zero-order valence-corrected chi connectivity index (χ0v) is 14.4. The fourth-order valence-corrected chi connectivity index (χ4v) is 3.03. The Bertz CT molecular complexity index is 743. The van der Waals surface area contributed by atoms with Crippen LogP contribution in [0.5, 0.6) is 11.5 Å². The number of guanidine groups is 1. The first-order valence-corrected chi connectivity index (χ1v) is 8.04. The Labute approximate surface area is 142 Å². The molecule has 0 aromatic heterocycles. The Morgan fingerprint density at radius 1 is 1.12 bits per heavy atom. The summed E-state index contributed by atoms with van der Waals surface area (Å²) in [6.45, 7) is 1.62. The maximum Gasteiger partial charge on any atom is 0.198 e. The van der Waals surface area contributed by atoms with Crippen LogP contribution in [0.2, 0.25) is 0 Å². The van der Waals surface area contributed by atoms with E-state index in [-0.39, 0.29) is 0 Å². The van der Waals surface area contributed by atoms with Crippen molar-refractivity contribution in [2.75, 3.05) is 32.7 Å². The van der Waals surface area contributed by atoms with Crippen LogP contribution in [0.25, 0.3) is 0 Å². The van der Waals surface area contributed by atoms with Crippen molar-refractivity contribution in [3.05, 3.63) is 53.6 Å². The molecule has 2 aromatic carbocycles. The van der Waals surface area contributed by atoms with Crippen molar-refractivity contribution < 1.29 is 9.47 Å². The first-order chi connectivity index (χ1) is 11.8. The van der Waals surface area contributed by atoms with Crippen LogP contribution in [0.1, 0.15) is 11.1 Å².